The third-order valence-electron chi connectivity index (χ3n) is 5.08. The minimum atomic E-state index is 0.0438. The van der Waals surface area contributed by atoms with Crippen LogP contribution < -0.4 is 0 Å². The zero-order chi connectivity index (χ0) is 15.9. The van der Waals surface area contributed by atoms with Gasteiger partial charge in [0.2, 0.25) is 11.8 Å². The number of carbonyl (C=O) groups is 2. The monoisotopic (exact) mass is 305 g/mol. The van der Waals surface area contributed by atoms with E-state index in [0.29, 0.717) is 24.1 Å². The largest absolute Gasteiger partial charge is 0.345 e. The highest BCUT2D eigenvalue weighted by Gasteiger charge is 2.42. The summed E-state index contributed by atoms with van der Waals surface area (Å²) < 4.78 is 0. The first-order valence-corrected chi connectivity index (χ1v) is 7.81. The molecular formula is C15H23N5O2. The number of nitrogens with one attached hydrogen (secondary N) is 1. The molecule has 1 aromatic heterocycles. The molecule has 3 rings (SSSR count). The Kier molecular flexibility index (Phi) is 3.88. The van der Waals surface area contributed by atoms with E-state index in [0.717, 1.165) is 25.2 Å². The Morgan fingerprint density at radius 3 is 2.82 bits per heavy atom. The number of aromatic amines is 1. The Hall–Kier alpha value is -1.92. The second-order valence-corrected chi connectivity index (χ2v) is 6.64. The van der Waals surface area contributed by atoms with Gasteiger partial charge >= 0.3 is 0 Å². The van der Waals surface area contributed by atoms with Crippen molar-refractivity contribution in [3.63, 3.8) is 0 Å². The van der Waals surface area contributed by atoms with Gasteiger partial charge in [-0.15, -0.1) is 0 Å². The fourth-order valence-corrected chi connectivity index (χ4v) is 3.74. The SMILES string of the molecule is Cc1nc(CC(=O)N(C)[C@H]2C[C@H]3CC(=O)N(C)C[C@H]3C2)n[nH]1. The van der Waals surface area contributed by atoms with Gasteiger partial charge in [-0.05, 0) is 31.6 Å². The predicted molar refractivity (Wildman–Crippen MR) is 79.8 cm³/mol. The van der Waals surface area contributed by atoms with Crippen molar-refractivity contribution >= 4 is 11.8 Å². The van der Waals surface area contributed by atoms with E-state index >= 15 is 0 Å². The molecule has 1 saturated carbocycles. The van der Waals surface area contributed by atoms with Gasteiger partial charge in [0.05, 0.1) is 6.42 Å². The van der Waals surface area contributed by atoms with Crippen molar-refractivity contribution in [1.82, 2.24) is 25.0 Å². The summed E-state index contributed by atoms with van der Waals surface area (Å²) >= 11 is 0. The topological polar surface area (TPSA) is 82.2 Å². The third kappa shape index (κ3) is 2.84. The second kappa shape index (κ2) is 5.70. The van der Waals surface area contributed by atoms with E-state index in [1.165, 1.54) is 0 Å². The number of fused-ring (bicyclic) bond motifs is 1. The molecule has 7 heteroatoms. The summed E-state index contributed by atoms with van der Waals surface area (Å²) in [5.41, 5.74) is 0. The standard InChI is InChI=1S/C15H23N5O2/c1-9-16-13(18-17-9)7-15(22)20(3)12-4-10-6-14(21)19(2)8-11(10)5-12/h10-12H,4-8H2,1-3H3,(H,16,17,18)/t10-,11+,12-/m0/s1. The number of hydrogen-bond acceptors (Lipinski definition) is 4. The summed E-state index contributed by atoms with van der Waals surface area (Å²) in [6, 6.07) is 0.224. The number of nitrogens with zero attached hydrogens (tertiary/aromatic N) is 4. The summed E-state index contributed by atoms with van der Waals surface area (Å²) in [4.78, 5) is 32.0. The van der Waals surface area contributed by atoms with Crippen LogP contribution >= 0.6 is 0 Å². The fourth-order valence-electron chi connectivity index (χ4n) is 3.74. The normalized spacial score (nSPS) is 27.9. The number of aromatic nitrogens is 3. The van der Waals surface area contributed by atoms with Crippen LogP contribution in [0.15, 0.2) is 0 Å². The lowest BCUT2D eigenvalue weighted by molar-refractivity contribution is -0.135. The number of amides is 2. The van der Waals surface area contributed by atoms with Crippen LogP contribution in [0.4, 0.5) is 0 Å². The van der Waals surface area contributed by atoms with Crippen molar-refractivity contribution in [2.45, 2.75) is 38.6 Å². The molecule has 2 amide bonds. The van der Waals surface area contributed by atoms with Crippen molar-refractivity contribution in [3.05, 3.63) is 11.6 Å². The summed E-state index contributed by atoms with van der Waals surface area (Å²) in [7, 11) is 3.72. The quantitative estimate of drug-likeness (QED) is 0.875. The molecule has 0 bridgehead atoms. The average Bonchev–Trinajstić information content (AvgIpc) is 3.05. The molecule has 1 aromatic rings. The van der Waals surface area contributed by atoms with Crippen LogP contribution in [0.3, 0.4) is 0 Å². The molecule has 0 radical (unpaired) electrons. The van der Waals surface area contributed by atoms with Crippen molar-refractivity contribution in [2.75, 3.05) is 20.6 Å². The van der Waals surface area contributed by atoms with Gasteiger partial charge in [-0.3, -0.25) is 14.7 Å². The molecule has 22 heavy (non-hydrogen) atoms. The molecule has 0 spiro atoms. The zero-order valence-electron chi connectivity index (χ0n) is 13.4. The summed E-state index contributed by atoms with van der Waals surface area (Å²) in [6.07, 6.45) is 2.77. The molecule has 2 heterocycles. The smallest absolute Gasteiger partial charge is 0.230 e. The van der Waals surface area contributed by atoms with Crippen LogP contribution in [0.2, 0.25) is 0 Å². The summed E-state index contributed by atoms with van der Waals surface area (Å²) in [5.74, 6) is 2.48. The lowest BCUT2D eigenvalue weighted by Gasteiger charge is -2.31. The summed E-state index contributed by atoms with van der Waals surface area (Å²) in [6.45, 7) is 2.64. The maximum atomic E-state index is 12.4. The van der Waals surface area contributed by atoms with E-state index in [1.807, 2.05) is 30.8 Å². The number of aryl methyl sites for hydroxylation is 1. The van der Waals surface area contributed by atoms with Crippen LogP contribution in [0.1, 0.15) is 30.9 Å². The van der Waals surface area contributed by atoms with E-state index in [9.17, 15) is 9.59 Å². The molecule has 7 nitrogen and oxygen atoms in total. The highest BCUT2D eigenvalue weighted by molar-refractivity contribution is 5.78. The molecule has 120 valence electrons. The first-order valence-electron chi connectivity index (χ1n) is 7.81. The van der Waals surface area contributed by atoms with Crippen molar-refractivity contribution in [3.8, 4) is 0 Å². The van der Waals surface area contributed by atoms with Gasteiger partial charge in [-0.25, -0.2) is 4.98 Å². The Morgan fingerprint density at radius 2 is 2.14 bits per heavy atom. The molecule has 1 N–H and O–H groups in total. The number of carbonyl (C=O) groups excluding carboxylic acids is 2. The van der Waals surface area contributed by atoms with E-state index in [-0.39, 0.29) is 24.3 Å². The number of H-pyrrole nitrogens is 1. The minimum Gasteiger partial charge on any atom is -0.345 e. The zero-order valence-corrected chi connectivity index (χ0v) is 13.4. The number of rotatable bonds is 3. The van der Waals surface area contributed by atoms with E-state index in [1.54, 1.807) is 0 Å². The fraction of sp³-hybridized carbons (Fsp3) is 0.733. The predicted octanol–water partition coefficient (Wildman–Crippen LogP) is 0.371. The Bertz CT molecular complexity index is 584. The molecule has 3 atom stereocenters. The average molecular weight is 305 g/mol. The van der Waals surface area contributed by atoms with Gasteiger partial charge in [-0.2, -0.15) is 5.10 Å². The van der Waals surface area contributed by atoms with Crippen LogP contribution in [0, 0.1) is 18.8 Å². The Balaban J connectivity index is 1.60. The molecule has 1 saturated heterocycles. The highest BCUT2D eigenvalue weighted by Crippen LogP contribution is 2.40. The molecule has 1 aliphatic heterocycles. The van der Waals surface area contributed by atoms with Crippen LogP contribution in [-0.4, -0.2) is 63.5 Å². The van der Waals surface area contributed by atoms with Crippen LogP contribution in [-0.2, 0) is 16.0 Å². The van der Waals surface area contributed by atoms with Crippen molar-refractivity contribution in [1.29, 1.82) is 0 Å². The maximum Gasteiger partial charge on any atom is 0.230 e. The van der Waals surface area contributed by atoms with E-state index < -0.39 is 0 Å². The molecule has 0 unspecified atom stereocenters. The Morgan fingerprint density at radius 1 is 1.41 bits per heavy atom. The van der Waals surface area contributed by atoms with Crippen LogP contribution in [0.5, 0.6) is 0 Å². The van der Waals surface area contributed by atoms with Gasteiger partial charge in [0.25, 0.3) is 0 Å². The van der Waals surface area contributed by atoms with E-state index in [4.69, 9.17) is 0 Å². The highest BCUT2D eigenvalue weighted by atomic mass is 16.2. The second-order valence-electron chi connectivity index (χ2n) is 6.64. The first-order chi connectivity index (χ1) is 10.4. The molecule has 2 fully saturated rings. The lowest BCUT2D eigenvalue weighted by Crippen LogP contribution is -2.40. The van der Waals surface area contributed by atoms with Gasteiger partial charge in [0.1, 0.15) is 5.82 Å². The lowest BCUT2D eigenvalue weighted by atomic mass is 9.88. The van der Waals surface area contributed by atoms with Crippen molar-refractivity contribution < 1.29 is 9.59 Å². The molecule has 2 aliphatic rings. The van der Waals surface area contributed by atoms with Crippen molar-refractivity contribution in [2.24, 2.45) is 11.8 Å². The maximum absolute atomic E-state index is 12.4. The van der Waals surface area contributed by atoms with Gasteiger partial charge < -0.3 is 9.80 Å². The number of likely N-dealkylation sites (tertiary alicyclic amines) is 1. The minimum absolute atomic E-state index is 0.0438. The van der Waals surface area contributed by atoms with Crippen LogP contribution in [0.25, 0.3) is 0 Å². The molecule has 1 aliphatic carbocycles. The molecule has 0 aromatic carbocycles. The van der Waals surface area contributed by atoms with Gasteiger partial charge in [0.15, 0.2) is 5.82 Å². The van der Waals surface area contributed by atoms with Gasteiger partial charge in [0, 0.05) is 33.1 Å². The van der Waals surface area contributed by atoms with E-state index in [2.05, 4.69) is 15.2 Å². The Labute approximate surface area is 130 Å². The molecular weight excluding hydrogens is 282 g/mol. The number of piperidine rings is 1. The van der Waals surface area contributed by atoms with Gasteiger partial charge in [-0.1, -0.05) is 0 Å². The third-order valence-corrected chi connectivity index (χ3v) is 5.08. The summed E-state index contributed by atoms with van der Waals surface area (Å²) in [5, 5.41) is 6.78. The first kappa shape index (κ1) is 15.0. The number of likely N-dealkylation sites (N-methyl/N-ethyl adjacent to an activating group) is 1. The number of hydrogen-bond donors (Lipinski definition) is 1.